The Morgan fingerprint density at radius 1 is 1.20 bits per heavy atom. The summed E-state index contributed by atoms with van der Waals surface area (Å²) >= 11 is 6.09. The summed E-state index contributed by atoms with van der Waals surface area (Å²) in [4.78, 5) is 38.9. The van der Waals surface area contributed by atoms with Crippen LogP contribution in [-0.4, -0.2) is 75.4 Å². The van der Waals surface area contributed by atoms with Crippen LogP contribution in [-0.2, 0) is 19.9 Å². The van der Waals surface area contributed by atoms with Gasteiger partial charge < -0.3 is 25.1 Å². The number of halogens is 1. The number of hydrogen-bond donors (Lipinski definition) is 3. The highest BCUT2D eigenvalue weighted by Crippen LogP contribution is 2.47. The highest BCUT2D eigenvalue weighted by Gasteiger charge is 2.53. The smallest absolute Gasteiger partial charge is 0.407 e. The summed E-state index contributed by atoms with van der Waals surface area (Å²) in [6, 6.07) is 6.44. The maximum Gasteiger partial charge on any atom is 0.407 e. The van der Waals surface area contributed by atoms with E-state index in [1.54, 1.807) is 37.9 Å². The molecule has 2 amide bonds. The third kappa shape index (κ3) is 7.42. The van der Waals surface area contributed by atoms with E-state index in [1.165, 1.54) is 0 Å². The van der Waals surface area contributed by atoms with E-state index in [0.29, 0.717) is 43.8 Å². The molecule has 0 bridgehead atoms. The molecule has 1 saturated heterocycles. The molecular weight excluding hydrogens is 546 g/mol. The molecule has 3 rings (SSSR count). The Morgan fingerprint density at radius 2 is 1.83 bits per heavy atom. The van der Waals surface area contributed by atoms with Gasteiger partial charge in [0, 0.05) is 30.1 Å². The number of benzene rings is 1. The molecule has 41 heavy (non-hydrogen) atoms. The van der Waals surface area contributed by atoms with Gasteiger partial charge in [0.05, 0.1) is 17.1 Å². The van der Waals surface area contributed by atoms with E-state index in [0.717, 1.165) is 11.8 Å². The lowest BCUT2D eigenvalue weighted by molar-refractivity contribution is -0.202. The Labute approximate surface area is 249 Å². The molecule has 1 aliphatic heterocycles. The number of carbonyl (C=O) groups excluding carboxylic acids is 3. The van der Waals surface area contributed by atoms with E-state index in [-0.39, 0.29) is 24.8 Å². The summed E-state index contributed by atoms with van der Waals surface area (Å²) in [5.74, 6) is -1.20. The zero-order valence-corrected chi connectivity index (χ0v) is 26.3. The summed E-state index contributed by atoms with van der Waals surface area (Å²) < 4.78 is 5.29. The molecule has 0 spiro atoms. The number of ether oxygens (including phenoxy) is 1. The molecule has 1 heterocycles. The van der Waals surface area contributed by atoms with Crippen molar-refractivity contribution in [3.8, 4) is 0 Å². The number of alkyl carbamates (subject to hydrolysis) is 1. The van der Waals surface area contributed by atoms with Crippen LogP contribution in [0.1, 0.15) is 86.1 Å². The Bertz CT molecular complexity index is 1090. The maximum absolute atomic E-state index is 14.3. The molecule has 9 nitrogen and oxygen atoms in total. The number of nitrogens with one attached hydrogen (secondary N) is 1. The molecule has 2 unspecified atom stereocenters. The normalized spacial score (nSPS) is 27.3. The number of nitrogens with zero attached hydrogens (tertiary/aromatic N) is 2. The predicted molar refractivity (Wildman–Crippen MR) is 158 cm³/mol. The monoisotopic (exact) mass is 593 g/mol. The lowest BCUT2D eigenvalue weighted by Crippen LogP contribution is -2.65. The van der Waals surface area contributed by atoms with E-state index in [1.807, 2.05) is 44.8 Å². The second-order valence-corrected chi connectivity index (χ2v) is 14.1. The molecule has 0 aromatic heterocycles. The second-order valence-electron chi connectivity index (χ2n) is 13.7. The number of hydrazine groups is 1. The maximum atomic E-state index is 14.3. The Balaban J connectivity index is 1.84. The zero-order valence-electron chi connectivity index (χ0n) is 25.6. The van der Waals surface area contributed by atoms with Gasteiger partial charge in [-0.15, -0.1) is 0 Å². The number of rotatable bonds is 9. The first-order valence-corrected chi connectivity index (χ1v) is 15.0. The lowest BCUT2D eigenvalue weighted by atomic mass is 9.67. The predicted octanol–water partition coefficient (Wildman–Crippen LogP) is 4.67. The number of carbonyl (C=O) groups is 3. The van der Waals surface area contributed by atoms with Crippen molar-refractivity contribution in [2.24, 2.45) is 17.3 Å². The van der Waals surface area contributed by atoms with Crippen LogP contribution in [0.4, 0.5) is 4.79 Å². The first kappa shape index (κ1) is 33.3. The molecule has 4 atom stereocenters. The van der Waals surface area contributed by atoms with Gasteiger partial charge in [0.2, 0.25) is 5.91 Å². The van der Waals surface area contributed by atoms with Crippen LogP contribution in [0, 0.1) is 17.3 Å². The standard InChI is InChI=1S/C31H48ClN3O6/c1-21(2)25(19-36)35(34-18-16-31(40,29(6,7)20-34)22-10-12-23(32)13-11-22)26(37)24-9-8-14-30(24,39)15-17-33-27(38)41-28(3,4)5/h10-13,19,21,24-25,39-40H,8-9,14-18,20H2,1-7H3,(H,33,38)/t24?,25-,30?,31-/m0/s1. The minimum Gasteiger partial charge on any atom is -0.444 e. The Kier molecular flexibility index (Phi) is 10.2. The second kappa shape index (κ2) is 12.6. The van der Waals surface area contributed by atoms with E-state index in [4.69, 9.17) is 16.3 Å². The van der Waals surface area contributed by atoms with Crippen molar-refractivity contribution in [1.82, 2.24) is 15.3 Å². The van der Waals surface area contributed by atoms with Crippen molar-refractivity contribution in [2.45, 2.75) is 103 Å². The molecule has 1 aliphatic carbocycles. The summed E-state index contributed by atoms with van der Waals surface area (Å²) in [6.45, 7) is 13.8. The van der Waals surface area contributed by atoms with E-state index in [2.05, 4.69) is 5.32 Å². The first-order valence-electron chi connectivity index (χ1n) is 14.6. The molecule has 10 heteroatoms. The van der Waals surface area contributed by atoms with Gasteiger partial charge in [-0.2, -0.15) is 0 Å². The van der Waals surface area contributed by atoms with Crippen LogP contribution < -0.4 is 5.32 Å². The fraction of sp³-hybridized carbons (Fsp3) is 0.710. The van der Waals surface area contributed by atoms with Gasteiger partial charge in [0.25, 0.3) is 0 Å². The van der Waals surface area contributed by atoms with Crippen LogP contribution in [0.5, 0.6) is 0 Å². The highest BCUT2D eigenvalue weighted by molar-refractivity contribution is 6.30. The van der Waals surface area contributed by atoms with Gasteiger partial charge in [-0.25, -0.2) is 9.80 Å². The fourth-order valence-electron chi connectivity index (χ4n) is 6.27. The largest absolute Gasteiger partial charge is 0.444 e. The molecular formula is C31H48ClN3O6. The first-order chi connectivity index (χ1) is 18.9. The fourth-order valence-corrected chi connectivity index (χ4v) is 6.40. The van der Waals surface area contributed by atoms with Crippen LogP contribution in [0.15, 0.2) is 24.3 Å². The van der Waals surface area contributed by atoms with Crippen molar-refractivity contribution >= 4 is 29.9 Å². The van der Waals surface area contributed by atoms with Crippen LogP contribution in [0.2, 0.25) is 5.02 Å². The van der Waals surface area contributed by atoms with Gasteiger partial charge in [0.15, 0.2) is 0 Å². The topological polar surface area (TPSA) is 119 Å². The number of piperidine rings is 1. The Morgan fingerprint density at radius 3 is 2.37 bits per heavy atom. The summed E-state index contributed by atoms with van der Waals surface area (Å²) in [5, 5.41) is 30.2. The molecule has 3 N–H and O–H groups in total. The van der Waals surface area contributed by atoms with Crippen molar-refractivity contribution in [1.29, 1.82) is 0 Å². The van der Waals surface area contributed by atoms with E-state index < -0.39 is 40.3 Å². The quantitative estimate of drug-likeness (QED) is 0.356. The van der Waals surface area contributed by atoms with Gasteiger partial charge in [-0.3, -0.25) is 9.80 Å². The van der Waals surface area contributed by atoms with Crippen molar-refractivity contribution in [2.75, 3.05) is 19.6 Å². The van der Waals surface area contributed by atoms with Gasteiger partial charge in [-0.1, -0.05) is 51.4 Å². The van der Waals surface area contributed by atoms with Crippen LogP contribution >= 0.6 is 11.6 Å². The molecule has 1 aromatic rings. The number of aldehydes is 1. The number of hydrogen-bond acceptors (Lipinski definition) is 7. The third-order valence-corrected chi connectivity index (χ3v) is 8.91. The third-order valence-electron chi connectivity index (χ3n) is 8.66. The van der Waals surface area contributed by atoms with E-state index in [9.17, 15) is 24.6 Å². The van der Waals surface area contributed by atoms with Crippen molar-refractivity contribution in [3.05, 3.63) is 34.9 Å². The van der Waals surface area contributed by atoms with Gasteiger partial charge in [-0.05, 0) is 76.5 Å². The van der Waals surface area contributed by atoms with Crippen molar-refractivity contribution < 1.29 is 29.3 Å². The highest BCUT2D eigenvalue weighted by atomic mass is 35.5. The molecule has 2 fully saturated rings. The Hall–Kier alpha value is -2.20. The molecule has 230 valence electrons. The van der Waals surface area contributed by atoms with Gasteiger partial charge >= 0.3 is 6.09 Å². The van der Waals surface area contributed by atoms with Crippen LogP contribution in [0.3, 0.4) is 0 Å². The lowest BCUT2D eigenvalue weighted by Gasteiger charge is -2.54. The summed E-state index contributed by atoms with van der Waals surface area (Å²) in [7, 11) is 0. The van der Waals surface area contributed by atoms with Gasteiger partial charge in [0.1, 0.15) is 17.9 Å². The summed E-state index contributed by atoms with van der Waals surface area (Å²) in [6.07, 6.45) is 2.30. The molecule has 2 aliphatic rings. The number of amides is 2. The average Bonchev–Trinajstić information content (AvgIpc) is 3.24. The molecule has 1 aromatic carbocycles. The minimum absolute atomic E-state index is 0.154. The van der Waals surface area contributed by atoms with Crippen LogP contribution in [0.25, 0.3) is 0 Å². The SMILES string of the molecule is CC(C)[C@H](C=O)N(C(=O)C1CCCC1(O)CCNC(=O)OC(C)(C)C)N1CC[C@](O)(c2ccc(Cl)cc2)C(C)(C)C1. The van der Waals surface area contributed by atoms with E-state index >= 15 is 0 Å². The summed E-state index contributed by atoms with van der Waals surface area (Å²) in [5.41, 5.74) is -3.08. The minimum atomic E-state index is -1.33. The van der Waals surface area contributed by atoms with Crippen molar-refractivity contribution in [3.63, 3.8) is 0 Å². The zero-order chi connectivity index (χ0) is 30.8. The molecule has 0 radical (unpaired) electrons. The average molecular weight is 594 g/mol. The molecule has 1 saturated carbocycles. The number of aliphatic hydroxyl groups is 2.